The van der Waals surface area contributed by atoms with E-state index in [9.17, 15) is 9.90 Å². The Kier molecular flexibility index (Phi) is 4.48. The molecule has 0 fully saturated rings. The molecular weight excluding hydrogens is 368 g/mol. The number of nitrogens with zero attached hydrogens (tertiary/aromatic N) is 2. The van der Waals surface area contributed by atoms with Gasteiger partial charge in [-0.25, -0.2) is 5.01 Å². The number of carbonyl (C=O) groups is 1. The standard InChI is InChI=1S/C19H16N2O3S2/c1-24-16-10-12(6-7-15(16)22)13-11-14(17-4-2-8-25-17)21(20-13)19(23)18-5-3-9-26-18/h2-10,14,22H,11H2,1H3/t14-/m1/s1. The third kappa shape index (κ3) is 3.00. The van der Waals surface area contributed by atoms with Gasteiger partial charge in [-0.05, 0) is 41.1 Å². The van der Waals surface area contributed by atoms with Gasteiger partial charge in [0.2, 0.25) is 0 Å². The van der Waals surface area contributed by atoms with Gasteiger partial charge in [0.25, 0.3) is 5.91 Å². The van der Waals surface area contributed by atoms with Crippen molar-refractivity contribution in [3.63, 3.8) is 0 Å². The maximum Gasteiger partial charge on any atom is 0.284 e. The number of benzene rings is 1. The van der Waals surface area contributed by atoms with Gasteiger partial charge in [-0.2, -0.15) is 5.10 Å². The van der Waals surface area contributed by atoms with E-state index >= 15 is 0 Å². The molecule has 7 heteroatoms. The lowest BCUT2D eigenvalue weighted by Crippen LogP contribution is -2.25. The van der Waals surface area contributed by atoms with Crippen molar-refractivity contribution < 1.29 is 14.6 Å². The normalized spacial score (nSPS) is 16.6. The summed E-state index contributed by atoms with van der Waals surface area (Å²) in [6.07, 6.45) is 0.617. The third-order valence-corrected chi connectivity index (χ3v) is 6.07. The van der Waals surface area contributed by atoms with E-state index in [1.807, 2.05) is 35.0 Å². The quantitative estimate of drug-likeness (QED) is 0.720. The minimum atomic E-state index is -0.126. The summed E-state index contributed by atoms with van der Waals surface area (Å²) in [6, 6.07) is 12.7. The molecule has 132 valence electrons. The van der Waals surface area contributed by atoms with Gasteiger partial charge in [-0.1, -0.05) is 12.1 Å². The van der Waals surface area contributed by atoms with Crippen LogP contribution in [0.5, 0.6) is 11.5 Å². The van der Waals surface area contributed by atoms with Crippen LogP contribution in [0.1, 0.15) is 32.6 Å². The van der Waals surface area contributed by atoms with Gasteiger partial charge in [0.05, 0.1) is 23.7 Å². The molecule has 5 nitrogen and oxygen atoms in total. The molecule has 1 amide bonds. The number of aromatic hydroxyl groups is 1. The second-order valence-corrected chi connectivity index (χ2v) is 7.72. The average Bonchev–Trinajstić information content (AvgIpc) is 3.42. The van der Waals surface area contributed by atoms with Crippen molar-refractivity contribution in [1.29, 1.82) is 0 Å². The fourth-order valence-corrected chi connectivity index (χ4v) is 4.41. The predicted octanol–water partition coefficient (Wildman–Crippen LogP) is 4.52. The van der Waals surface area contributed by atoms with E-state index in [1.165, 1.54) is 18.4 Å². The molecule has 0 spiro atoms. The Morgan fingerprint density at radius 2 is 2.04 bits per heavy atom. The minimum absolute atomic E-state index is 0.0798. The topological polar surface area (TPSA) is 62.1 Å². The summed E-state index contributed by atoms with van der Waals surface area (Å²) in [7, 11) is 1.51. The maximum atomic E-state index is 12.9. The van der Waals surface area contributed by atoms with Crippen molar-refractivity contribution in [2.45, 2.75) is 12.5 Å². The van der Waals surface area contributed by atoms with Crippen LogP contribution in [0.25, 0.3) is 0 Å². The van der Waals surface area contributed by atoms with Crippen LogP contribution in [0, 0.1) is 0 Å². The van der Waals surface area contributed by atoms with Crippen molar-refractivity contribution in [2.24, 2.45) is 5.10 Å². The van der Waals surface area contributed by atoms with Gasteiger partial charge < -0.3 is 9.84 Å². The second-order valence-electron chi connectivity index (χ2n) is 5.80. The molecule has 0 radical (unpaired) electrons. The van der Waals surface area contributed by atoms with Gasteiger partial charge in [0.15, 0.2) is 11.5 Å². The highest BCUT2D eigenvalue weighted by atomic mass is 32.1. The van der Waals surface area contributed by atoms with Crippen LogP contribution in [0.4, 0.5) is 0 Å². The molecule has 0 unspecified atom stereocenters. The van der Waals surface area contributed by atoms with Crippen molar-refractivity contribution in [3.8, 4) is 11.5 Å². The van der Waals surface area contributed by atoms with Crippen LogP contribution >= 0.6 is 22.7 Å². The molecule has 1 aromatic carbocycles. The Hall–Kier alpha value is -2.64. The number of hydrazone groups is 1. The number of ether oxygens (including phenoxy) is 1. The van der Waals surface area contributed by atoms with E-state index in [0.717, 1.165) is 16.2 Å². The van der Waals surface area contributed by atoms with Crippen LogP contribution in [-0.2, 0) is 0 Å². The first kappa shape index (κ1) is 16.8. The molecule has 0 bridgehead atoms. The van der Waals surface area contributed by atoms with E-state index in [1.54, 1.807) is 34.5 Å². The lowest BCUT2D eigenvalue weighted by atomic mass is 10.0. The highest BCUT2D eigenvalue weighted by molar-refractivity contribution is 7.12. The third-order valence-electron chi connectivity index (χ3n) is 4.23. The molecule has 4 rings (SSSR count). The number of rotatable bonds is 4. The van der Waals surface area contributed by atoms with Crippen LogP contribution in [0.2, 0.25) is 0 Å². The van der Waals surface area contributed by atoms with Crippen molar-refractivity contribution in [1.82, 2.24) is 5.01 Å². The Morgan fingerprint density at radius 3 is 2.73 bits per heavy atom. The molecule has 1 aliphatic rings. The van der Waals surface area contributed by atoms with Crippen molar-refractivity contribution in [2.75, 3.05) is 7.11 Å². The van der Waals surface area contributed by atoms with Crippen LogP contribution < -0.4 is 4.74 Å². The van der Waals surface area contributed by atoms with Gasteiger partial charge in [-0.15, -0.1) is 22.7 Å². The van der Waals surface area contributed by atoms with Crippen LogP contribution in [-0.4, -0.2) is 28.8 Å². The molecule has 0 saturated carbocycles. The molecule has 26 heavy (non-hydrogen) atoms. The first-order valence-corrected chi connectivity index (χ1v) is 9.78. The van der Waals surface area contributed by atoms with Gasteiger partial charge in [0, 0.05) is 16.9 Å². The number of carbonyl (C=O) groups excluding carboxylic acids is 1. The van der Waals surface area contributed by atoms with Crippen molar-refractivity contribution >= 4 is 34.3 Å². The number of hydrogen-bond donors (Lipinski definition) is 1. The first-order valence-electron chi connectivity index (χ1n) is 8.02. The van der Waals surface area contributed by atoms with E-state index in [4.69, 9.17) is 4.74 Å². The number of phenols is 1. The Labute approximate surface area is 158 Å². The Bertz CT molecular complexity index is 949. The zero-order chi connectivity index (χ0) is 18.1. The molecular formula is C19H16N2O3S2. The largest absolute Gasteiger partial charge is 0.504 e. The molecule has 0 saturated heterocycles. The van der Waals surface area contributed by atoms with Crippen LogP contribution in [0.3, 0.4) is 0 Å². The number of methoxy groups -OCH3 is 1. The molecule has 1 N–H and O–H groups in total. The lowest BCUT2D eigenvalue weighted by Gasteiger charge is -2.19. The fraction of sp³-hybridized carbons (Fsp3) is 0.158. The molecule has 1 atom stereocenters. The second kappa shape index (κ2) is 6.93. The summed E-state index contributed by atoms with van der Waals surface area (Å²) in [5, 5.41) is 19.9. The molecule has 1 aliphatic heterocycles. The summed E-state index contributed by atoms with van der Waals surface area (Å²) < 4.78 is 5.20. The van der Waals surface area contributed by atoms with E-state index < -0.39 is 0 Å². The molecule has 3 heterocycles. The smallest absolute Gasteiger partial charge is 0.284 e. The lowest BCUT2D eigenvalue weighted by molar-refractivity contribution is 0.0719. The molecule has 0 aliphatic carbocycles. The van der Waals surface area contributed by atoms with E-state index in [2.05, 4.69) is 5.10 Å². The van der Waals surface area contributed by atoms with E-state index in [0.29, 0.717) is 17.0 Å². The van der Waals surface area contributed by atoms with Gasteiger partial charge in [-0.3, -0.25) is 4.79 Å². The fourth-order valence-electron chi connectivity index (χ4n) is 2.94. The number of hydrogen-bond acceptors (Lipinski definition) is 6. The highest BCUT2D eigenvalue weighted by Crippen LogP contribution is 2.37. The predicted molar refractivity (Wildman–Crippen MR) is 103 cm³/mol. The maximum absolute atomic E-state index is 12.9. The monoisotopic (exact) mass is 384 g/mol. The van der Waals surface area contributed by atoms with Gasteiger partial charge in [0.1, 0.15) is 0 Å². The Balaban J connectivity index is 1.72. The van der Waals surface area contributed by atoms with Crippen LogP contribution in [0.15, 0.2) is 58.3 Å². The zero-order valence-electron chi connectivity index (χ0n) is 14.0. The number of phenolic OH excluding ortho intramolecular Hbond substituents is 1. The molecule has 2 aromatic heterocycles. The summed E-state index contributed by atoms with van der Waals surface area (Å²) in [5.74, 6) is 0.372. The van der Waals surface area contributed by atoms with Crippen molar-refractivity contribution in [3.05, 3.63) is 68.5 Å². The number of thiophene rings is 2. The zero-order valence-corrected chi connectivity index (χ0v) is 15.6. The SMILES string of the molecule is COc1cc(C2=NN(C(=O)c3cccs3)[C@@H](c3cccs3)C2)ccc1O. The average molecular weight is 384 g/mol. The van der Waals surface area contributed by atoms with E-state index in [-0.39, 0.29) is 17.7 Å². The first-order chi connectivity index (χ1) is 12.7. The summed E-state index contributed by atoms with van der Waals surface area (Å²) in [5.41, 5.74) is 1.63. The molecule has 3 aromatic rings. The van der Waals surface area contributed by atoms with Gasteiger partial charge >= 0.3 is 0 Å². The highest BCUT2D eigenvalue weighted by Gasteiger charge is 2.34. The summed E-state index contributed by atoms with van der Waals surface area (Å²) in [4.78, 5) is 14.7. The minimum Gasteiger partial charge on any atom is -0.504 e. The summed E-state index contributed by atoms with van der Waals surface area (Å²) >= 11 is 3.03. The number of amides is 1. The Morgan fingerprint density at radius 1 is 1.23 bits per heavy atom. The summed E-state index contributed by atoms with van der Waals surface area (Å²) in [6.45, 7) is 0.